The number of benzene rings is 2. The minimum atomic E-state index is -6.44. The summed E-state index contributed by atoms with van der Waals surface area (Å²) in [5.41, 5.74) is -9.13. The fraction of sp³-hybridized carbons (Fsp3) is 0.576. The lowest BCUT2D eigenvalue weighted by molar-refractivity contribution is -0.348. The fourth-order valence-corrected chi connectivity index (χ4v) is 10.4. The highest BCUT2D eigenvalue weighted by atomic mass is 32.2. The summed E-state index contributed by atoms with van der Waals surface area (Å²) in [5.74, 6) is -4.09. The van der Waals surface area contributed by atoms with Crippen molar-refractivity contribution >= 4 is 21.7 Å². The van der Waals surface area contributed by atoms with Gasteiger partial charge < -0.3 is 14.7 Å². The molecule has 0 radical (unpaired) electrons. The maximum Gasteiger partial charge on any atom is 0.435 e. The predicted molar refractivity (Wildman–Crippen MR) is 158 cm³/mol. The quantitative estimate of drug-likeness (QED) is 0.224. The molecule has 0 bridgehead atoms. The van der Waals surface area contributed by atoms with Gasteiger partial charge in [0.25, 0.3) is 0 Å². The van der Waals surface area contributed by atoms with Crippen molar-refractivity contribution in [1.82, 2.24) is 4.90 Å². The van der Waals surface area contributed by atoms with Gasteiger partial charge in [0.1, 0.15) is 22.9 Å². The number of unbranched alkanes of at least 4 members (excludes halogenated alkanes) is 1. The molecule has 1 aliphatic carbocycles. The largest absolute Gasteiger partial charge is 0.491 e. The molecule has 2 heterocycles. The number of amides is 1. The monoisotopic (exact) mass is 725 g/mol. The minimum Gasteiger partial charge on any atom is -0.491 e. The van der Waals surface area contributed by atoms with Crippen LogP contribution in [-0.4, -0.2) is 61.8 Å². The van der Waals surface area contributed by atoms with Crippen LogP contribution in [0.5, 0.6) is 5.75 Å². The number of fused-ring (bicyclic) bond motifs is 3. The molecule has 1 saturated carbocycles. The number of halogens is 8. The van der Waals surface area contributed by atoms with E-state index in [-0.39, 0.29) is 49.9 Å². The van der Waals surface area contributed by atoms with Crippen molar-refractivity contribution in [3.63, 3.8) is 0 Å². The van der Waals surface area contributed by atoms with Crippen molar-refractivity contribution in [3.05, 3.63) is 59.4 Å². The summed E-state index contributed by atoms with van der Waals surface area (Å²) in [6.45, 7) is 2.74. The van der Waals surface area contributed by atoms with Gasteiger partial charge in [-0.2, -0.15) is 26.3 Å². The number of ether oxygens (including phenoxy) is 1. The highest BCUT2D eigenvalue weighted by Gasteiger charge is 2.74. The number of aliphatic carboxylic acids is 1. The Labute approximate surface area is 277 Å². The molecule has 3 aliphatic rings. The Kier molecular flexibility index (Phi) is 9.33. The first kappa shape index (κ1) is 36.8. The first-order chi connectivity index (χ1) is 22.7. The number of likely N-dealkylation sites (tertiary alicyclic amines) is 1. The molecule has 5 rings (SSSR count). The second kappa shape index (κ2) is 12.4. The Bertz CT molecular complexity index is 1700. The number of carboxylic acids is 1. The molecule has 16 heteroatoms. The van der Waals surface area contributed by atoms with Gasteiger partial charge in [-0.15, -0.1) is 0 Å². The summed E-state index contributed by atoms with van der Waals surface area (Å²) in [4.78, 5) is 27.4. The van der Waals surface area contributed by atoms with E-state index >= 15 is 4.39 Å². The van der Waals surface area contributed by atoms with Crippen molar-refractivity contribution < 1.29 is 63.0 Å². The van der Waals surface area contributed by atoms with E-state index in [9.17, 15) is 53.8 Å². The van der Waals surface area contributed by atoms with Crippen molar-refractivity contribution in [1.29, 1.82) is 0 Å². The third kappa shape index (κ3) is 5.65. The van der Waals surface area contributed by atoms with Crippen molar-refractivity contribution in [3.8, 4) is 5.75 Å². The van der Waals surface area contributed by atoms with Crippen LogP contribution in [0.2, 0.25) is 0 Å². The van der Waals surface area contributed by atoms with Gasteiger partial charge >= 0.3 is 24.0 Å². The molecular weight excluding hydrogens is 690 g/mol. The normalized spacial score (nSPS) is 27.6. The van der Waals surface area contributed by atoms with Gasteiger partial charge in [-0.25, -0.2) is 17.2 Å². The smallest absolute Gasteiger partial charge is 0.435 e. The summed E-state index contributed by atoms with van der Waals surface area (Å²) in [6, 6.07) is 3.37. The van der Waals surface area contributed by atoms with Gasteiger partial charge in [0.15, 0.2) is 9.84 Å². The Morgan fingerprint density at radius 2 is 1.63 bits per heavy atom. The zero-order valence-electron chi connectivity index (χ0n) is 26.5. The maximum atomic E-state index is 15.1. The van der Waals surface area contributed by atoms with Crippen molar-refractivity contribution in [2.75, 3.05) is 13.2 Å². The van der Waals surface area contributed by atoms with Crippen molar-refractivity contribution in [2.24, 2.45) is 17.3 Å². The van der Waals surface area contributed by atoms with Crippen molar-refractivity contribution in [2.45, 2.75) is 92.5 Å². The third-order valence-electron chi connectivity index (χ3n) is 10.6. The summed E-state index contributed by atoms with van der Waals surface area (Å²) in [5, 5.41) is 9.71. The fourth-order valence-electron chi connectivity index (χ4n) is 8.08. The van der Waals surface area contributed by atoms with E-state index in [2.05, 4.69) is 0 Å². The highest BCUT2D eigenvalue weighted by molar-refractivity contribution is 7.92. The Balaban J connectivity index is 1.66. The number of carboxylic acid groups (broad SMARTS) is 1. The molecule has 270 valence electrons. The van der Waals surface area contributed by atoms with Crippen LogP contribution in [0.15, 0.2) is 47.4 Å². The van der Waals surface area contributed by atoms with Gasteiger partial charge in [0, 0.05) is 23.1 Å². The van der Waals surface area contributed by atoms with Crippen LogP contribution >= 0.6 is 0 Å². The van der Waals surface area contributed by atoms with E-state index in [0.717, 1.165) is 24.3 Å². The zero-order valence-corrected chi connectivity index (χ0v) is 27.3. The number of hydrogen-bond acceptors (Lipinski definition) is 5. The van der Waals surface area contributed by atoms with Crippen LogP contribution in [0.3, 0.4) is 0 Å². The molecule has 7 nitrogen and oxygen atoms in total. The topological polar surface area (TPSA) is 101 Å². The lowest BCUT2D eigenvalue weighted by Crippen LogP contribution is -2.58. The average Bonchev–Trinajstić information content (AvgIpc) is 3.43. The number of hydrogen-bond donors (Lipinski definition) is 1. The number of carbonyl (C=O) groups excluding carboxylic acids is 1. The lowest BCUT2D eigenvalue weighted by Gasteiger charge is -2.47. The summed E-state index contributed by atoms with van der Waals surface area (Å²) in [7, 11) is -4.72. The molecule has 0 aromatic heterocycles. The summed E-state index contributed by atoms with van der Waals surface area (Å²) in [6.07, 6.45) is -11.0. The van der Waals surface area contributed by atoms with E-state index < -0.39 is 96.4 Å². The number of sulfone groups is 1. The van der Waals surface area contributed by atoms with Crippen LogP contribution in [0.1, 0.15) is 69.9 Å². The molecule has 5 atom stereocenters. The van der Waals surface area contributed by atoms with Gasteiger partial charge in [0.2, 0.25) is 5.91 Å². The molecule has 1 N–H and O–H groups in total. The van der Waals surface area contributed by atoms with E-state index in [1.165, 1.54) is 4.90 Å². The predicted octanol–water partition coefficient (Wildman–Crippen LogP) is 7.48. The van der Waals surface area contributed by atoms with Crippen LogP contribution in [-0.2, 0) is 29.8 Å². The Morgan fingerprint density at radius 3 is 2.18 bits per heavy atom. The van der Waals surface area contributed by atoms with Gasteiger partial charge in [-0.1, -0.05) is 38.8 Å². The third-order valence-corrected chi connectivity index (χ3v) is 13.2. The van der Waals surface area contributed by atoms with Gasteiger partial charge in [-0.3, -0.25) is 9.59 Å². The molecular formula is C33H35F8NO6S. The SMILES string of the molecule is CCCCC1(C(=O)N2CCC3(S(=O)(=O)c4ccc(F)cc4)c4ccc(C(F)(C(F)(F)F)C(F)(F)F)cc4OCC23)CC[C@@H](C(=O)O)[C@H](C)C1. The number of carbonyl (C=O) groups is 2. The average molecular weight is 726 g/mol. The number of alkyl halides is 7. The molecule has 2 aromatic carbocycles. The Morgan fingerprint density at radius 1 is 1.00 bits per heavy atom. The first-order valence-electron chi connectivity index (χ1n) is 15.8. The zero-order chi connectivity index (χ0) is 36.4. The second-order valence-electron chi connectivity index (χ2n) is 13.3. The molecule has 3 unspecified atom stereocenters. The number of rotatable bonds is 8. The van der Waals surface area contributed by atoms with Crippen LogP contribution in [0.25, 0.3) is 0 Å². The molecule has 1 saturated heterocycles. The Hall–Kier alpha value is -3.43. The van der Waals surface area contributed by atoms with Crippen LogP contribution < -0.4 is 4.74 Å². The van der Waals surface area contributed by atoms with Gasteiger partial charge in [0.05, 0.1) is 16.9 Å². The molecule has 1 amide bonds. The van der Waals surface area contributed by atoms with E-state index in [1.807, 2.05) is 6.92 Å². The maximum absolute atomic E-state index is 15.1. The van der Waals surface area contributed by atoms with E-state index in [4.69, 9.17) is 4.74 Å². The van der Waals surface area contributed by atoms with Gasteiger partial charge in [-0.05, 0) is 68.4 Å². The first-order valence-corrected chi connectivity index (χ1v) is 17.3. The molecule has 0 spiro atoms. The minimum absolute atomic E-state index is 0.189. The van der Waals surface area contributed by atoms with Crippen LogP contribution in [0, 0.1) is 23.1 Å². The lowest BCUT2D eigenvalue weighted by atomic mass is 9.63. The van der Waals surface area contributed by atoms with E-state index in [1.54, 1.807) is 6.92 Å². The molecule has 2 fully saturated rings. The second-order valence-corrected chi connectivity index (χ2v) is 15.5. The van der Waals surface area contributed by atoms with Crippen LogP contribution in [0.4, 0.5) is 35.1 Å². The summed E-state index contributed by atoms with van der Waals surface area (Å²) < 4.78 is 144. The molecule has 49 heavy (non-hydrogen) atoms. The molecule has 2 aliphatic heterocycles. The summed E-state index contributed by atoms with van der Waals surface area (Å²) >= 11 is 0. The highest BCUT2D eigenvalue weighted by Crippen LogP contribution is 2.58. The molecule has 2 aromatic rings. The number of nitrogens with zero attached hydrogens (tertiary/aromatic N) is 1. The van der Waals surface area contributed by atoms with E-state index in [0.29, 0.717) is 25.3 Å². The standard InChI is InChI=1S/C33H35F8NO6S/c1-3-4-12-29(13-11-23(27(43)44)19(2)17-29)28(45)42-15-14-30(49(46,47)22-8-6-21(34)7-9-22)24-10-5-20(16-25(24)48-18-26(30)42)31(35,32(36,37)38)33(39,40)41/h5-10,16,19,23,26H,3-4,11-15,17-18H2,1-2H3,(H,43,44)/t19-,23-,26?,29?,30?/m1/s1.